The molecule has 3 aromatic carbocycles. The number of rotatable bonds is 3. The van der Waals surface area contributed by atoms with E-state index >= 15 is 0 Å². The summed E-state index contributed by atoms with van der Waals surface area (Å²) in [5.74, 6) is 0.971. The van der Waals surface area contributed by atoms with Gasteiger partial charge in [0, 0.05) is 11.1 Å². The van der Waals surface area contributed by atoms with E-state index in [-0.39, 0.29) is 11.7 Å². The Morgan fingerprint density at radius 1 is 0.867 bits per heavy atom. The highest BCUT2D eigenvalue weighted by Gasteiger charge is 2.11. The van der Waals surface area contributed by atoms with Crippen LogP contribution < -0.4 is 10.5 Å². The van der Waals surface area contributed by atoms with E-state index in [0.29, 0.717) is 11.3 Å². The average molecular weight is 391 g/mol. The van der Waals surface area contributed by atoms with Crippen LogP contribution in [-0.4, -0.2) is 11.7 Å². The number of hydrogen-bond donors (Lipinski definition) is 2. The summed E-state index contributed by atoms with van der Waals surface area (Å²) < 4.78 is 5.77. The molecule has 146 valence electrons. The van der Waals surface area contributed by atoms with Crippen molar-refractivity contribution in [2.75, 3.05) is 0 Å². The number of amidine groups is 2. The predicted octanol–water partition coefficient (Wildman–Crippen LogP) is 5.58. The zero-order chi connectivity index (χ0) is 20.9. The maximum absolute atomic E-state index is 8.40. The fourth-order valence-electron chi connectivity index (χ4n) is 3.15. The van der Waals surface area contributed by atoms with E-state index in [9.17, 15) is 0 Å². The molecule has 4 heteroatoms. The zero-order valence-corrected chi connectivity index (χ0v) is 16.4. The minimum absolute atomic E-state index is 0.0149. The van der Waals surface area contributed by atoms with Crippen LogP contribution in [-0.2, 0) is 0 Å². The maximum atomic E-state index is 8.40. The highest BCUT2D eigenvalue weighted by atomic mass is 16.5. The molecular weight excluding hydrogens is 370 g/mol. The number of aliphatic imine (C=N–C) groups is 1. The first-order valence-electron chi connectivity index (χ1n) is 9.54. The Hall–Kier alpha value is -4.18. The van der Waals surface area contributed by atoms with E-state index < -0.39 is 0 Å². The van der Waals surface area contributed by atoms with Gasteiger partial charge in [-0.1, -0.05) is 79.4 Å². The molecule has 1 heterocycles. The van der Waals surface area contributed by atoms with Crippen LogP contribution in [0.15, 0.2) is 114 Å². The van der Waals surface area contributed by atoms with Gasteiger partial charge in [0.25, 0.3) is 0 Å². The minimum Gasteiger partial charge on any atom is -0.464 e. The Morgan fingerprint density at radius 2 is 1.60 bits per heavy atom. The number of allylic oxidation sites excluding steroid dienone is 2. The summed E-state index contributed by atoms with van der Waals surface area (Å²) in [6, 6.07) is 25.5. The van der Waals surface area contributed by atoms with Gasteiger partial charge in [0.2, 0.25) is 0 Å². The predicted molar refractivity (Wildman–Crippen MR) is 124 cm³/mol. The summed E-state index contributed by atoms with van der Waals surface area (Å²) in [6.07, 6.45) is 5.13. The second-order valence-corrected chi connectivity index (χ2v) is 6.84. The van der Waals surface area contributed by atoms with Gasteiger partial charge in [0.15, 0.2) is 5.84 Å². The molecule has 4 rings (SSSR count). The van der Waals surface area contributed by atoms with Crippen LogP contribution in [0.2, 0.25) is 0 Å². The molecule has 3 N–H and O–H groups in total. The van der Waals surface area contributed by atoms with E-state index in [1.165, 1.54) is 6.26 Å². The molecule has 0 aromatic heterocycles. The van der Waals surface area contributed by atoms with E-state index in [2.05, 4.69) is 11.6 Å². The quantitative estimate of drug-likeness (QED) is 0.452. The molecule has 1 aliphatic heterocycles. The summed E-state index contributed by atoms with van der Waals surface area (Å²) in [5, 5.41) is 8.40. The van der Waals surface area contributed by atoms with E-state index in [4.69, 9.17) is 15.9 Å². The summed E-state index contributed by atoms with van der Waals surface area (Å²) in [4.78, 5) is 4.31. The van der Waals surface area contributed by atoms with E-state index in [1.54, 1.807) is 6.08 Å². The third kappa shape index (κ3) is 4.13. The van der Waals surface area contributed by atoms with Crippen LogP contribution >= 0.6 is 0 Å². The SMILES string of the molecule is C=C1/C=C\C(C(=N)N=C(N)c2cccc(-c3ccccc3)c2)=C/Oc2ccccc21. The van der Waals surface area contributed by atoms with Gasteiger partial charge in [0.1, 0.15) is 17.8 Å². The number of ether oxygens (including phenoxy) is 1. The maximum Gasteiger partial charge on any atom is 0.157 e. The lowest BCUT2D eigenvalue weighted by atomic mass is 10.0. The van der Waals surface area contributed by atoms with Gasteiger partial charge in [-0.25, -0.2) is 4.99 Å². The molecular formula is C26H21N3O. The first-order chi connectivity index (χ1) is 14.6. The summed E-state index contributed by atoms with van der Waals surface area (Å²) in [7, 11) is 0. The fourth-order valence-corrected chi connectivity index (χ4v) is 3.15. The highest BCUT2D eigenvalue weighted by molar-refractivity contribution is 6.11. The topological polar surface area (TPSA) is 71.5 Å². The Labute approximate surface area is 175 Å². The first kappa shape index (κ1) is 19.2. The number of fused-ring (bicyclic) bond motifs is 1. The lowest BCUT2D eigenvalue weighted by Gasteiger charge is -2.12. The van der Waals surface area contributed by atoms with Gasteiger partial charge in [-0.3, -0.25) is 5.41 Å². The van der Waals surface area contributed by atoms with Gasteiger partial charge in [-0.05, 0) is 34.9 Å². The highest BCUT2D eigenvalue weighted by Crippen LogP contribution is 2.28. The lowest BCUT2D eigenvalue weighted by Crippen LogP contribution is -2.16. The molecule has 0 aliphatic carbocycles. The molecule has 0 amide bonds. The van der Waals surface area contributed by atoms with Crippen molar-refractivity contribution in [2.45, 2.75) is 0 Å². The molecule has 4 nitrogen and oxygen atoms in total. The normalized spacial score (nSPS) is 16.3. The number of nitrogens with zero attached hydrogens (tertiary/aromatic N) is 1. The minimum atomic E-state index is 0.0149. The number of nitrogens with two attached hydrogens (primary N) is 1. The van der Waals surface area contributed by atoms with Crippen LogP contribution in [0.3, 0.4) is 0 Å². The molecule has 0 bridgehead atoms. The molecule has 0 saturated carbocycles. The third-order valence-electron chi connectivity index (χ3n) is 4.78. The van der Waals surface area contributed by atoms with Crippen molar-refractivity contribution in [2.24, 2.45) is 10.7 Å². The van der Waals surface area contributed by atoms with Crippen LogP contribution in [0, 0.1) is 5.41 Å². The van der Waals surface area contributed by atoms with Crippen LogP contribution in [0.4, 0.5) is 0 Å². The number of nitrogens with one attached hydrogen (secondary N) is 1. The van der Waals surface area contributed by atoms with Gasteiger partial charge in [0.05, 0.1) is 5.57 Å². The second-order valence-electron chi connectivity index (χ2n) is 6.84. The van der Waals surface area contributed by atoms with Crippen LogP contribution in [0.5, 0.6) is 5.75 Å². The zero-order valence-electron chi connectivity index (χ0n) is 16.4. The Bertz CT molecular complexity index is 1200. The van der Waals surface area contributed by atoms with Crippen molar-refractivity contribution in [3.63, 3.8) is 0 Å². The Balaban J connectivity index is 1.60. The van der Waals surface area contributed by atoms with Crippen molar-refractivity contribution in [1.29, 1.82) is 5.41 Å². The van der Waals surface area contributed by atoms with Crippen molar-refractivity contribution in [1.82, 2.24) is 0 Å². The number of para-hydroxylation sites is 1. The Morgan fingerprint density at radius 3 is 2.43 bits per heavy atom. The van der Waals surface area contributed by atoms with E-state index in [1.807, 2.05) is 84.9 Å². The van der Waals surface area contributed by atoms with Crippen molar-refractivity contribution in [3.8, 4) is 16.9 Å². The molecule has 0 fully saturated rings. The molecule has 0 unspecified atom stereocenters. The molecule has 0 spiro atoms. The lowest BCUT2D eigenvalue weighted by molar-refractivity contribution is 0.477. The standard InChI is InChI=1S/C26H21N3O/c1-18-14-15-22(17-30-24-13-6-5-12-23(18)24)26(28)29-25(27)21-11-7-10-20(16-21)19-8-3-2-4-9-19/h2-17H,1H2,(H3,27,28,29)/b15-14-,22-17+. The van der Waals surface area contributed by atoms with Crippen LogP contribution in [0.25, 0.3) is 16.7 Å². The molecule has 3 aromatic rings. The molecule has 30 heavy (non-hydrogen) atoms. The smallest absolute Gasteiger partial charge is 0.157 e. The molecule has 0 radical (unpaired) electrons. The van der Waals surface area contributed by atoms with Gasteiger partial charge >= 0.3 is 0 Å². The molecule has 0 atom stereocenters. The van der Waals surface area contributed by atoms with Crippen molar-refractivity contribution in [3.05, 3.63) is 121 Å². The monoisotopic (exact) mass is 391 g/mol. The largest absolute Gasteiger partial charge is 0.464 e. The van der Waals surface area contributed by atoms with Crippen molar-refractivity contribution >= 4 is 17.2 Å². The molecule has 0 saturated heterocycles. The fraction of sp³-hybridized carbons (Fsp3) is 0. The Kier molecular flexibility index (Phi) is 5.39. The number of benzene rings is 3. The van der Waals surface area contributed by atoms with Gasteiger partial charge in [-0.2, -0.15) is 0 Å². The van der Waals surface area contributed by atoms with Crippen LogP contribution in [0.1, 0.15) is 11.1 Å². The van der Waals surface area contributed by atoms with E-state index in [0.717, 1.165) is 27.8 Å². The molecule has 1 aliphatic rings. The second kappa shape index (κ2) is 8.45. The van der Waals surface area contributed by atoms with Gasteiger partial charge in [-0.15, -0.1) is 0 Å². The van der Waals surface area contributed by atoms with Crippen molar-refractivity contribution < 1.29 is 4.74 Å². The summed E-state index contributed by atoms with van der Waals surface area (Å²) >= 11 is 0. The average Bonchev–Trinajstić information content (AvgIpc) is 2.78. The summed E-state index contributed by atoms with van der Waals surface area (Å²) in [6.45, 7) is 4.07. The number of hydrogen-bond acceptors (Lipinski definition) is 2. The third-order valence-corrected chi connectivity index (χ3v) is 4.78. The first-order valence-corrected chi connectivity index (χ1v) is 9.54. The summed E-state index contributed by atoms with van der Waals surface area (Å²) in [5.41, 5.74) is 11.3. The van der Waals surface area contributed by atoms with Gasteiger partial charge < -0.3 is 10.5 Å².